The highest BCUT2D eigenvalue weighted by Crippen LogP contribution is 2.32. The second kappa shape index (κ2) is 5.97. The third-order valence-electron chi connectivity index (χ3n) is 3.74. The number of rotatable bonds is 4. The van der Waals surface area contributed by atoms with E-state index >= 15 is 0 Å². The molecular weight excluding hydrogens is 276 g/mol. The van der Waals surface area contributed by atoms with Crippen LogP contribution < -0.4 is 10.2 Å². The maximum Gasteiger partial charge on any atom is 0.277 e. The highest BCUT2D eigenvalue weighted by Gasteiger charge is 2.31. The fraction of sp³-hybridized carbons (Fsp3) is 0.235. The van der Waals surface area contributed by atoms with Gasteiger partial charge in [-0.2, -0.15) is 0 Å². The lowest BCUT2D eigenvalue weighted by molar-refractivity contribution is 0.0976. The Bertz CT molecular complexity index is 713. The van der Waals surface area contributed by atoms with Gasteiger partial charge in [-0.25, -0.2) is 9.97 Å². The quantitative estimate of drug-likeness (QED) is 0.881. The van der Waals surface area contributed by atoms with Crippen LogP contribution in [-0.2, 0) is 6.42 Å². The van der Waals surface area contributed by atoms with Crippen LogP contribution in [0.3, 0.4) is 0 Å². The number of nitrogens with one attached hydrogen (secondary N) is 1. The smallest absolute Gasteiger partial charge is 0.277 e. The lowest BCUT2D eigenvalue weighted by atomic mass is 10.1. The third-order valence-corrected chi connectivity index (χ3v) is 3.74. The monoisotopic (exact) mass is 294 g/mol. The molecule has 5 heteroatoms. The van der Waals surface area contributed by atoms with Crippen molar-refractivity contribution in [2.24, 2.45) is 0 Å². The molecular formula is C17H18N4O. The molecule has 1 N–H and O–H groups in total. The minimum Gasteiger partial charge on any atom is -0.366 e. The molecule has 0 spiro atoms. The second-order valence-corrected chi connectivity index (χ2v) is 5.32. The minimum absolute atomic E-state index is 0.0958. The Hall–Kier alpha value is -2.69. The lowest BCUT2D eigenvalue weighted by Gasteiger charge is -2.22. The van der Waals surface area contributed by atoms with Crippen molar-refractivity contribution in [2.75, 3.05) is 16.8 Å². The number of nitrogens with zero attached hydrogens (tertiary/aromatic N) is 3. The molecule has 0 saturated carbocycles. The first-order valence-corrected chi connectivity index (χ1v) is 7.29. The van der Waals surface area contributed by atoms with E-state index in [4.69, 9.17) is 0 Å². The molecule has 0 fully saturated rings. The molecule has 0 aliphatic carbocycles. The number of carbonyl (C=O) groups excluding carboxylic acids is 1. The molecule has 1 aromatic heterocycles. The van der Waals surface area contributed by atoms with Gasteiger partial charge in [0.25, 0.3) is 5.91 Å². The van der Waals surface area contributed by atoms with E-state index in [1.807, 2.05) is 23.1 Å². The zero-order chi connectivity index (χ0) is 15.5. The van der Waals surface area contributed by atoms with E-state index in [0.717, 1.165) is 12.1 Å². The molecule has 0 saturated heterocycles. The van der Waals surface area contributed by atoms with Gasteiger partial charge in [0, 0.05) is 24.3 Å². The summed E-state index contributed by atoms with van der Waals surface area (Å²) in [7, 11) is 0. The number of fused-ring (bicyclic) bond motifs is 1. The van der Waals surface area contributed by atoms with Crippen molar-refractivity contribution in [3.8, 4) is 0 Å². The fourth-order valence-corrected chi connectivity index (χ4v) is 2.75. The zero-order valence-corrected chi connectivity index (χ0v) is 12.5. The van der Waals surface area contributed by atoms with Crippen molar-refractivity contribution < 1.29 is 4.79 Å². The van der Waals surface area contributed by atoms with E-state index in [-0.39, 0.29) is 11.9 Å². The molecule has 1 aromatic carbocycles. The summed E-state index contributed by atoms with van der Waals surface area (Å²) in [4.78, 5) is 22.9. The van der Waals surface area contributed by atoms with Gasteiger partial charge >= 0.3 is 0 Å². The van der Waals surface area contributed by atoms with Gasteiger partial charge in [-0.3, -0.25) is 4.79 Å². The number of aromatic nitrogens is 2. The van der Waals surface area contributed by atoms with E-state index in [9.17, 15) is 4.79 Å². The molecule has 2 heterocycles. The Labute approximate surface area is 129 Å². The highest BCUT2D eigenvalue weighted by molar-refractivity contribution is 6.06. The maximum atomic E-state index is 12.8. The van der Waals surface area contributed by atoms with Gasteiger partial charge in [0.15, 0.2) is 0 Å². The topological polar surface area (TPSA) is 58.1 Å². The average Bonchev–Trinajstić information content (AvgIpc) is 2.88. The highest BCUT2D eigenvalue weighted by atomic mass is 16.2. The lowest BCUT2D eigenvalue weighted by Crippen LogP contribution is -2.36. The van der Waals surface area contributed by atoms with Crippen molar-refractivity contribution in [1.29, 1.82) is 0 Å². The van der Waals surface area contributed by atoms with E-state index in [1.54, 1.807) is 12.1 Å². The zero-order valence-electron chi connectivity index (χ0n) is 12.5. The Kier molecular flexibility index (Phi) is 3.87. The first-order valence-electron chi connectivity index (χ1n) is 7.29. The third kappa shape index (κ3) is 2.57. The Morgan fingerprint density at radius 3 is 3.09 bits per heavy atom. The number of hydrogen-bond acceptors (Lipinski definition) is 4. The molecule has 3 rings (SSSR count). The van der Waals surface area contributed by atoms with E-state index in [0.29, 0.717) is 18.1 Å². The van der Waals surface area contributed by atoms with Gasteiger partial charge in [-0.15, -0.1) is 6.58 Å². The summed E-state index contributed by atoms with van der Waals surface area (Å²) in [6.07, 6.45) is 4.02. The summed E-state index contributed by atoms with van der Waals surface area (Å²) in [6, 6.07) is 9.81. The summed E-state index contributed by atoms with van der Waals surface area (Å²) in [6.45, 7) is 6.29. The molecule has 0 radical (unpaired) electrons. The summed E-state index contributed by atoms with van der Waals surface area (Å²) >= 11 is 0. The number of carbonyl (C=O) groups is 1. The molecule has 22 heavy (non-hydrogen) atoms. The molecule has 5 nitrogen and oxygen atoms in total. The predicted molar refractivity (Wildman–Crippen MR) is 87.1 cm³/mol. The summed E-state index contributed by atoms with van der Waals surface area (Å²) < 4.78 is 0. The standard InChI is InChI=1S/C17H18N4O/c1-3-8-18-16-10-14(19-11-20-16)17(22)21-12(2)9-13-6-4-5-7-15(13)21/h3-7,10-12H,1,8-9H2,2H3,(H,18,19,20). The summed E-state index contributed by atoms with van der Waals surface area (Å²) in [5.41, 5.74) is 2.56. The van der Waals surface area contributed by atoms with E-state index in [2.05, 4.69) is 34.9 Å². The van der Waals surface area contributed by atoms with Crippen LogP contribution in [0.1, 0.15) is 23.0 Å². The number of anilines is 2. The maximum absolute atomic E-state index is 12.8. The van der Waals surface area contributed by atoms with Gasteiger partial charge < -0.3 is 10.2 Å². The van der Waals surface area contributed by atoms with Gasteiger partial charge in [0.2, 0.25) is 0 Å². The van der Waals surface area contributed by atoms with Gasteiger partial charge in [-0.05, 0) is 25.0 Å². The van der Waals surface area contributed by atoms with Crippen LogP contribution in [0.2, 0.25) is 0 Å². The molecule has 1 unspecified atom stereocenters. The average molecular weight is 294 g/mol. The molecule has 1 amide bonds. The summed E-state index contributed by atoms with van der Waals surface area (Å²) in [5.74, 6) is 0.528. The van der Waals surface area contributed by atoms with Crippen molar-refractivity contribution in [3.05, 3.63) is 60.6 Å². The van der Waals surface area contributed by atoms with Crippen molar-refractivity contribution >= 4 is 17.4 Å². The molecule has 112 valence electrons. The Balaban J connectivity index is 1.89. The summed E-state index contributed by atoms with van der Waals surface area (Å²) in [5, 5.41) is 3.07. The molecule has 1 aliphatic heterocycles. The van der Waals surface area contributed by atoms with Crippen molar-refractivity contribution in [3.63, 3.8) is 0 Å². The second-order valence-electron chi connectivity index (χ2n) is 5.32. The van der Waals surface area contributed by atoms with Gasteiger partial charge in [-0.1, -0.05) is 24.3 Å². The number of para-hydroxylation sites is 1. The number of hydrogen-bond donors (Lipinski definition) is 1. The van der Waals surface area contributed by atoms with E-state index < -0.39 is 0 Å². The number of benzene rings is 1. The van der Waals surface area contributed by atoms with Crippen LogP contribution in [0.4, 0.5) is 11.5 Å². The Morgan fingerprint density at radius 1 is 1.45 bits per heavy atom. The van der Waals surface area contributed by atoms with Crippen LogP contribution in [0.15, 0.2) is 49.3 Å². The first kappa shape index (κ1) is 14.3. The Morgan fingerprint density at radius 2 is 2.27 bits per heavy atom. The van der Waals surface area contributed by atoms with Crippen LogP contribution in [0, 0.1) is 0 Å². The van der Waals surface area contributed by atoms with Gasteiger partial charge in [0.1, 0.15) is 17.8 Å². The fourth-order valence-electron chi connectivity index (χ4n) is 2.75. The number of amides is 1. The molecule has 2 aromatic rings. The molecule has 1 atom stereocenters. The first-order chi connectivity index (χ1) is 10.7. The van der Waals surface area contributed by atoms with E-state index in [1.165, 1.54) is 11.9 Å². The van der Waals surface area contributed by atoms with Crippen LogP contribution in [-0.4, -0.2) is 28.5 Å². The van der Waals surface area contributed by atoms with Crippen LogP contribution in [0.25, 0.3) is 0 Å². The minimum atomic E-state index is -0.0958. The van der Waals surface area contributed by atoms with Crippen LogP contribution in [0.5, 0.6) is 0 Å². The molecule has 0 bridgehead atoms. The molecule has 1 aliphatic rings. The predicted octanol–water partition coefficient (Wildman–Crippen LogP) is 2.67. The van der Waals surface area contributed by atoms with Gasteiger partial charge in [0.05, 0.1) is 0 Å². The largest absolute Gasteiger partial charge is 0.366 e. The van der Waals surface area contributed by atoms with Crippen molar-refractivity contribution in [2.45, 2.75) is 19.4 Å². The van der Waals surface area contributed by atoms with Crippen LogP contribution >= 0.6 is 0 Å². The van der Waals surface area contributed by atoms with Crippen molar-refractivity contribution in [1.82, 2.24) is 9.97 Å². The SMILES string of the molecule is C=CCNc1cc(C(=O)N2c3ccccc3CC2C)ncn1. The normalized spacial score (nSPS) is 16.2.